The summed E-state index contributed by atoms with van der Waals surface area (Å²) < 4.78 is 0. The van der Waals surface area contributed by atoms with Gasteiger partial charge >= 0.3 is 0 Å². The van der Waals surface area contributed by atoms with Crippen molar-refractivity contribution in [1.82, 2.24) is 4.98 Å². The Hall–Kier alpha value is -0.840. The Bertz CT molecular complexity index is 279. The molecular weight excluding hydrogens is 178 g/mol. The normalized spacial score (nSPS) is 12.9. The van der Waals surface area contributed by atoms with Crippen LogP contribution < -0.4 is 11.5 Å². The first-order valence-corrected chi connectivity index (χ1v) is 3.80. The van der Waals surface area contributed by atoms with Crippen LogP contribution in [0.2, 0.25) is 5.02 Å². The molecule has 0 saturated carbocycles. The van der Waals surface area contributed by atoms with E-state index in [9.17, 15) is 0 Å². The number of aliphatic hydroxyl groups excluding tert-OH is 1. The molecule has 0 saturated heterocycles. The number of nitrogens with zero attached hydrogens (tertiary/aromatic N) is 1. The van der Waals surface area contributed by atoms with Gasteiger partial charge in [0.15, 0.2) is 0 Å². The first-order valence-electron chi connectivity index (χ1n) is 3.42. The van der Waals surface area contributed by atoms with Crippen molar-refractivity contribution in [2.45, 2.75) is 6.04 Å². The van der Waals surface area contributed by atoms with Crippen LogP contribution in [0.4, 0.5) is 5.82 Å². The van der Waals surface area contributed by atoms with Crippen molar-refractivity contribution in [2.24, 2.45) is 5.73 Å². The summed E-state index contributed by atoms with van der Waals surface area (Å²) in [7, 11) is 0. The second-order valence-electron chi connectivity index (χ2n) is 2.42. The van der Waals surface area contributed by atoms with Crippen molar-refractivity contribution in [1.29, 1.82) is 0 Å². The van der Waals surface area contributed by atoms with Gasteiger partial charge in [0.1, 0.15) is 5.82 Å². The Morgan fingerprint density at radius 1 is 1.67 bits per heavy atom. The smallest absolute Gasteiger partial charge is 0.128 e. The fourth-order valence-corrected chi connectivity index (χ4v) is 1.03. The molecule has 0 aromatic carbocycles. The van der Waals surface area contributed by atoms with E-state index in [1.165, 1.54) is 6.20 Å². The van der Waals surface area contributed by atoms with Gasteiger partial charge in [0.25, 0.3) is 0 Å². The molecular formula is C7H10ClN3O. The fourth-order valence-electron chi connectivity index (χ4n) is 0.861. The highest BCUT2D eigenvalue weighted by Crippen LogP contribution is 2.19. The third kappa shape index (κ3) is 1.85. The van der Waals surface area contributed by atoms with Gasteiger partial charge in [0.05, 0.1) is 17.7 Å². The van der Waals surface area contributed by atoms with E-state index in [-0.39, 0.29) is 6.61 Å². The van der Waals surface area contributed by atoms with Gasteiger partial charge in [-0.3, -0.25) is 0 Å². The molecule has 0 spiro atoms. The van der Waals surface area contributed by atoms with Gasteiger partial charge < -0.3 is 16.6 Å². The number of aromatic nitrogens is 1. The molecule has 1 aromatic heterocycles. The van der Waals surface area contributed by atoms with E-state index in [1.807, 2.05) is 0 Å². The van der Waals surface area contributed by atoms with Gasteiger partial charge in [0.2, 0.25) is 0 Å². The molecule has 0 aliphatic heterocycles. The molecule has 12 heavy (non-hydrogen) atoms. The van der Waals surface area contributed by atoms with Gasteiger partial charge in [0, 0.05) is 11.8 Å². The van der Waals surface area contributed by atoms with E-state index in [0.29, 0.717) is 16.4 Å². The number of aliphatic hydroxyl groups is 1. The molecule has 0 amide bonds. The Labute approximate surface area is 75.2 Å². The molecule has 4 nitrogen and oxygen atoms in total. The van der Waals surface area contributed by atoms with E-state index in [0.717, 1.165) is 0 Å². The van der Waals surface area contributed by atoms with Gasteiger partial charge in [-0.2, -0.15) is 0 Å². The van der Waals surface area contributed by atoms with Crippen LogP contribution in [0.1, 0.15) is 11.6 Å². The van der Waals surface area contributed by atoms with Crippen LogP contribution in [0.15, 0.2) is 12.3 Å². The van der Waals surface area contributed by atoms with Crippen molar-refractivity contribution in [2.75, 3.05) is 12.3 Å². The van der Waals surface area contributed by atoms with E-state index < -0.39 is 6.04 Å². The average Bonchev–Trinajstić information content (AvgIpc) is 2.08. The molecule has 1 unspecified atom stereocenters. The number of hydrogen-bond donors (Lipinski definition) is 3. The molecule has 1 heterocycles. The quantitative estimate of drug-likeness (QED) is 0.622. The van der Waals surface area contributed by atoms with Crippen LogP contribution in [0.3, 0.4) is 0 Å². The zero-order chi connectivity index (χ0) is 9.14. The summed E-state index contributed by atoms with van der Waals surface area (Å²) in [5.41, 5.74) is 11.6. The van der Waals surface area contributed by atoms with Crippen LogP contribution in [0.5, 0.6) is 0 Å². The second-order valence-corrected chi connectivity index (χ2v) is 2.85. The van der Waals surface area contributed by atoms with Gasteiger partial charge in [-0.05, 0) is 6.07 Å². The van der Waals surface area contributed by atoms with Crippen LogP contribution >= 0.6 is 11.6 Å². The third-order valence-corrected chi connectivity index (χ3v) is 1.72. The SMILES string of the molecule is Nc1ncc(Cl)cc1C(N)CO. The van der Waals surface area contributed by atoms with Crippen molar-refractivity contribution in [3.8, 4) is 0 Å². The minimum atomic E-state index is -0.517. The molecule has 1 aromatic rings. The molecule has 0 fully saturated rings. The second kappa shape index (κ2) is 3.71. The Kier molecular flexibility index (Phi) is 2.86. The fraction of sp³-hybridized carbons (Fsp3) is 0.286. The standard InChI is InChI=1S/C7H10ClN3O/c8-4-1-5(6(9)3-12)7(10)11-2-4/h1-2,6,12H,3,9H2,(H2,10,11). The minimum Gasteiger partial charge on any atom is -0.394 e. The lowest BCUT2D eigenvalue weighted by molar-refractivity contribution is 0.268. The molecule has 0 aliphatic carbocycles. The number of anilines is 1. The predicted molar refractivity (Wildman–Crippen MR) is 47.7 cm³/mol. The first-order chi connectivity index (χ1) is 5.65. The van der Waals surface area contributed by atoms with Gasteiger partial charge in [-0.1, -0.05) is 11.6 Å². The maximum absolute atomic E-state index is 8.75. The van der Waals surface area contributed by atoms with Crippen molar-refractivity contribution < 1.29 is 5.11 Å². The average molecular weight is 188 g/mol. The summed E-state index contributed by atoms with van der Waals surface area (Å²) in [6.45, 7) is -0.174. The van der Waals surface area contributed by atoms with Crippen molar-refractivity contribution in [3.63, 3.8) is 0 Å². The number of nitrogen functional groups attached to an aromatic ring is 1. The van der Waals surface area contributed by atoms with Crippen molar-refractivity contribution in [3.05, 3.63) is 22.8 Å². The minimum absolute atomic E-state index is 0.174. The molecule has 0 aliphatic rings. The lowest BCUT2D eigenvalue weighted by atomic mass is 10.1. The molecule has 1 rings (SSSR count). The first kappa shape index (κ1) is 9.25. The van der Waals surface area contributed by atoms with Crippen LogP contribution in [0.25, 0.3) is 0 Å². The summed E-state index contributed by atoms with van der Waals surface area (Å²) >= 11 is 5.66. The number of rotatable bonds is 2. The Morgan fingerprint density at radius 2 is 2.33 bits per heavy atom. The van der Waals surface area contributed by atoms with Crippen molar-refractivity contribution >= 4 is 17.4 Å². The third-order valence-electron chi connectivity index (χ3n) is 1.51. The highest BCUT2D eigenvalue weighted by atomic mass is 35.5. The van der Waals surface area contributed by atoms with Crippen LogP contribution in [-0.4, -0.2) is 16.7 Å². The lowest BCUT2D eigenvalue weighted by Crippen LogP contribution is -2.16. The molecule has 1 atom stereocenters. The molecule has 5 N–H and O–H groups in total. The van der Waals surface area contributed by atoms with Gasteiger partial charge in [-0.25, -0.2) is 4.98 Å². The molecule has 0 radical (unpaired) electrons. The summed E-state index contributed by atoms with van der Waals surface area (Å²) in [5.74, 6) is 0.306. The monoisotopic (exact) mass is 187 g/mol. The number of hydrogen-bond acceptors (Lipinski definition) is 4. The zero-order valence-electron chi connectivity index (χ0n) is 6.37. The lowest BCUT2D eigenvalue weighted by Gasteiger charge is -2.10. The van der Waals surface area contributed by atoms with E-state index in [4.69, 9.17) is 28.2 Å². The van der Waals surface area contributed by atoms with Crippen LogP contribution in [0, 0.1) is 0 Å². The highest BCUT2D eigenvalue weighted by Gasteiger charge is 2.09. The summed E-state index contributed by atoms with van der Waals surface area (Å²) in [6.07, 6.45) is 1.44. The highest BCUT2D eigenvalue weighted by molar-refractivity contribution is 6.30. The maximum atomic E-state index is 8.75. The molecule has 5 heteroatoms. The molecule has 66 valence electrons. The number of pyridine rings is 1. The molecule has 0 bridgehead atoms. The Morgan fingerprint density at radius 3 is 2.92 bits per heavy atom. The van der Waals surface area contributed by atoms with E-state index in [2.05, 4.69) is 4.98 Å². The predicted octanol–water partition coefficient (Wildman–Crippen LogP) is 0.309. The number of halogens is 1. The topological polar surface area (TPSA) is 85.2 Å². The zero-order valence-corrected chi connectivity index (χ0v) is 7.12. The Balaban J connectivity index is 3.04. The van der Waals surface area contributed by atoms with Crippen LogP contribution in [-0.2, 0) is 0 Å². The maximum Gasteiger partial charge on any atom is 0.128 e. The number of nitrogens with two attached hydrogens (primary N) is 2. The van der Waals surface area contributed by atoms with E-state index >= 15 is 0 Å². The van der Waals surface area contributed by atoms with Gasteiger partial charge in [-0.15, -0.1) is 0 Å². The summed E-state index contributed by atoms with van der Waals surface area (Å²) in [4.78, 5) is 3.80. The van der Waals surface area contributed by atoms with E-state index in [1.54, 1.807) is 6.07 Å². The summed E-state index contributed by atoms with van der Waals surface area (Å²) in [6, 6.07) is 1.08. The largest absolute Gasteiger partial charge is 0.394 e. The summed E-state index contributed by atoms with van der Waals surface area (Å²) in [5, 5.41) is 9.21.